The Kier molecular flexibility index (Phi) is 5.14. The maximum absolute atomic E-state index is 12.7. The highest BCUT2D eigenvalue weighted by Gasteiger charge is 2.30. The molecule has 1 aliphatic rings. The van der Waals surface area contributed by atoms with E-state index >= 15 is 0 Å². The van der Waals surface area contributed by atoms with E-state index in [-0.39, 0.29) is 6.61 Å². The van der Waals surface area contributed by atoms with E-state index in [2.05, 4.69) is 11.7 Å². The van der Waals surface area contributed by atoms with Crippen LogP contribution in [0.5, 0.6) is 5.88 Å². The standard InChI is InChI=1S/C20H20N2O3/c1-3-5-11-16(4-2)18-17(19-22(21-18)12-13-24-19)20(23)25-14-15-9-7-6-8-10-15/h3-11H,1,12-14H2,2H3/b11-5-,16-4+. The van der Waals surface area contributed by atoms with Crippen molar-refractivity contribution < 1.29 is 14.3 Å². The van der Waals surface area contributed by atoms with Gasteiger partial charge < -0.3 is 9.47 Å². The number of nitrogens with zero attached hydrogens (tertiary/aromatic N) is 2. The van der Waals surface area contributed by atoms with Gasteiger partial charge in [0.1, 0.15) is 24.5 Å². The molecule has 0 saturated carbocycles. The minimum Gasteiger partial charge on any atom is -0.475 e. The number of hydrogen-bond acceptors (Lipinski definition) is 4. The Morgan fingerprint density at radius 1 is 1.40 bits per heavy atom. The third kappa shape index (κ3) is 3.55. The Morgan fingerprint density at radius 2 is 2.20 bits per heavy atom. The highest BCUT2D eigenvalue weighted by atomic mass is 16.5. The van der Waals surface area contributed by atoms with Gasteiger partial charge in [-0.15, -0.1) is 0 Å². The van der Waals surface area contributed by atoms with Crippen molar-refractivity contribution >= 4 is 11.5 Å². The lowest BCUT2D eigenvalue weighted by molar-refractivity contribution is 0.0468. The lowest BCUT2D eigenvalue weighted by atomic mass is 10.1. The molecule has 0 N–H and O–H groups in total. The molecule has 1 aliphatic heterocycles. The highest BCUT2D eigenvalue weighted by molar-refractivity contribution is 5.98. The largest absolute Gasteiger partial charge is 0.475 e. The van der Waals surface area contributed by atoms with Crippen LogP contribution in [0.25, 0.3) is 5.57 Å². The molecule has 0 fully saturated rings. The van der Waals surface area contributed by atoms with Crippen molar-refractivity contribution in [1.82, 2.24) is 9.78 Å². The minimum absolute atomic E-state index is 0.206. The lowest BCUT2D eigenvalue weighted by Crippen LogP contribution is -2.09. The van der Waals surface area contributed by atoms with E-state index in [1.165, 1.54) is 0 Å². The van der Waals surface area contributed by atoms with Crippen molar-refractivity contribution in [2.75, 3.05) is 6.61 Å². The van der Waals surface area contributed by atoms with Gasteiger partial charge in [-0.3, -0.25) is 0 Å². The van der Waals surface area contributed by atoms with E-state index < -0.39 is 5.97 Å². The van der Waals surface area contributed by atoms with Crippen LogP contribution < -0.4 is 4.74 Å². The number of allylic oxidation sites excluding steroid dienone is 5. The number of aromatic nitrogens is 2. The first-order valence-electron chi connectivity index (χ1n) is 8.15. The zero-order chi connectivity index (χ0) is 17.6. The van der Waals surface area contributed by atoms with Crippen LogP contribution in [-0.4, -0.2) is 22.4 Å². The van der Waals surface area contributed by atoms with Gasteiger partial charge in [0.15, 0.2) is 0 Å². The summed E-state index contributed by atoms with van der Waals surface area (Å²) in [6.45, 7) is 6.91. The summed E-state index contributed by atoms with van der Waals surface area (Å²) in [4.78, 5) is 12.7. The van der Waals surface area contributed by atoms with Crippen molar-refractivity contribution in [2.24, 2.45) is 0 Å². The number of benzene rings is 1. The van der Waals surface area contributed by atoms with Gasteiger partial charge in [0.2, 0.25) is 5.88 Å². The summed E-state index contributed by atoms with van der Waals surface area (Å²) in [6.07, 6.45) is 7.24. The summed E-state index contributed by atoms with van der Waals surface area (Å²) in [5.74, 6) is 0.0350. The molecule has 0 unspecified atom stereocenters. The van der Waals surface area contributed by atoms with E-state index in [1.807, 2.05) is 49.4 Å². The van der Waals surface area contributed by atoms with Gasteiger partial charge in [0, 0.05) is 0 Å². The molecule has 0 bridgehead atoms. The van der Waals surface area contributed by atoms with Crippen LogP contribution in [0.4, 0.5) is 0 Å². The maximum Gasteiger partial charge on any atom is 0.346 e. The Morgan fingerprint density at radius 3 is 2.92 bits per heavy atom. The lowest BCUT2D eigenvalue weighted by Gasteiger charge is -2.07. The molecule has 0 amide bonds. The second kappa shape index (κ2) is 7.66. The maximum atomic E-state index is 12.7. The fourth-order valence-electron chi connectivity index (χ4n) is 2.64. The molecular formula is C20H20N2O3. The molecular weight excluding hydrogens is 316 g/mol. The van der Waals surface area contributed by atoms with Crippen LogP contribution in [0.2, 0.25) is 0 Å². The van der Waals surface area contributed by atoms with Crippen molar-refractivity contribution in [3.05, 3.63) is 78.0 Å². The number of carbonyl (C=O) groups excluding carboxylic acids is 1. The van der Waals surface area contributed by atoms with Crippen LogP contribution in [0.1, 0.15) is 28.5 Å². The predicted molar refractivity (Wildman–Crippen MR) is 96.3 cm³/mol. The fourth-order valence-corrected chi connectivity index (χ4v) is 2.64. The molecule has 1 aromatic heterocycles. The van der Waals surface area contributed by atoms with Gasteiger partial charge in [-0.2, -0.15) is 5.10 Å². The molecule has 0 spiro atoms. The van der Waals surface area contributed by atoms with E-state index in [4.69, 9.17) is 9.47 Å². The monoisotopic (exact) mass is 336 g/mol. The first kappa shape index (κ1) is 16.8. The Balaban J connectivity index is 1.90. The van der Waals surface area contributed by atoms with Crippen LogP contribution in [-0.2, 0) is 17.9 Å². The molecule has 5 heteroatoms. The summed E-state index contributed by atoms with van der Waals surface area (Å²) in [7, 11) is 0. The molecule has 2 aromatic rings. The van der Waals surface area contributed by atoms with Crippen molar-refractivity contribution in [2.45, 2.75) is 20.1 Å². The number of rotatable bonds is 6. The average molecular weight is 336 g/mol. The number of esters is 1. The Labute approximate surface area is 146 Å². The number of carbonyl (C=O) groups is 1. The third-order valence-corrected chi connectivity index (χ3v) is 3.86. The van der Waals surface area contributed by atoms with Crippen LogP contribution in [0.3, 0.4) is 0 Å². The summed E-state index contributed by atoms with van der Waals surface area (Å²) in [6, 6.07) is 9.57. The first-order valence-corrected chi connectivity index (χ1v) is 8.15. The van der Waals surface area contributed by atoms with Gasteiger partial charge in [0.05, 0.1) is 6.54 Å². The molecule has 0 aliphatic carbocycles. The van der Waals surface area contributed by atoms with Crippen molar-refractivity contribution in [3.63, 3.8) is 0 Å². The van der Waals surface area contributed by atoms with Gasteiger partial charge in [0.25, 0.3) is 0 Å². The third-order valence-electron chi connectivity index (χ3n) is 3.86. The molecule has 128 valence electrons. The summed E-state index contributed by atoms with van der Waals surface area (Å²) in [5, 5.41) is 4.53. The zero-order valence-electron chi connectivity index (χ0n) is 14.1. The molecule has 25 heavy (non-hydrogen) atoms. The molecule has 0 saturated heterocycles. The van der Waals surface area contributed by atoms with Crippen LogP contribution >= 0.6 is 0 Å². The average Bonchev–Trinajstić information content (AvgIpc) is 3.22. The van der Waals surface area contributed by atoms with Gasteiger partial charge in [-0.1, -0.05) is 61.2 Å². The van der Waals surface area contributed by atoms with E-state index in [0.717, 1.165) is 11.1 Å². The fraction of sp³-hybridized carbons (Fsp3) is 0.200. The minimum atomic E-state index is -0.437. The van der Waals surface area contributed by atoms with Gasteiger partial charge in [-0.05, 0) is 18.1 Å². The van der Waals surface area contributed by atoms with Crippen LogP contribution in [0, 0.1) is 0 Å². The molecule has 2 heterocycles. The normalized spacial score (nSPS) is 13.6. The smallest absolute Gasteiger partial charge is 0.346 e. The summed E-state index contributed by atoms with van der Waals surface area (Å²) in [5.41, 5.74) is 2.68. The molecule has 5 nitrogen and oxygen atoms in total. The van der Waals surface area contributed by atoms with E-state index in [1.54, 1.807) is 16.8 Å². The highest BCUT2D eigenvalue weighted by Crippen LogP contribution is 2.32. The number of hydrogen-bond donors (Lipinski definition) is 0. The van der Waals surface area contributed by atoms with Gasteiger partial charge in [-0.25, -0.2) is 9.48 Å². The summed E-state index contributed by atoms with van der Waals surface area (Å²) < 4.78 is 12.8. The number of fused-ring (bicyclic) bond motifs is 1. The number of ether oxygens (including phenoxy) is 2. The van der Waals surface area contributed by atoms with Crippen molar-refractivity contribution in [3.8, 4) is 5.88 Å². The Bertz CT molecular complexity index is 832. The van der Waals surface area contributed by atoms with Gasteiger partial charge >= 0.3 is 5.97 Å². The Hall–Kier alpha value is -3.08. The van der Waals surface area contributed by atoms with Crippen LogP contribution in [0.15, 0.2) is 61.2 Å². The summed E-state index contributed by atoms with van der Waals surface area (Å²) >= 11 is 0. The van der Waals surface area contributed by atoms with Crippen molar-refractivity contribution in [1.29, 1.82) is 0 Å². The quantitative estimate of drug-likeness (QED) is 0.595. The molecule has 1 aromatic carbocycles. The second-order valence-electron chi connectivity index (χ2n) is 5.50. The SMILES string of the molecule is C=C/C=C\C(=C/C)c1nn2c(c1C(=O)OCc1ccccc1)OCC2. The molecule has 3 rings (SSSR count). The molecule has 0 radical (unpaired) electrons. The topological polar surface area (TPSA) is 53.4 Å². The van der Waals surface area contributed by atoms with E-state index in [9.17, 15) is 4.79 Å². The van der Waals surface area contributed by atoms with E-state index in [0.29, 0.717) is 30.3 Å². The predicted octanol–water partition coefficient (Wildman–Crippen LogP) is 3.78. The zero-order valence-corrected chi connectivity index (χ0v) is 14.1. The molecule has 0 atom stereocenters. The first-order chi connectivity index (χ1) is 12.2. The second-order valence-corrected chi connectivity index (χ2v) is 5.50.